The lowest BCUT2D eigenvalue weighted by Crippen LogP contribution is -2.04. The molecule has 29 heavy (non-hydrogen) atoms. The number of aryl methyl sites for hydroxylation is 1. The van der Waals surface area contributed by atoms with Crippen molar-refractivity contribution in [1.82, 2.24) is 19.7 Å². The molecule has 0 aliphatic carbocycles. The van der Waals surface area contributed by atoms with E-state index >= 15 is 0 Å². The second-order valence-corrected chi connectivity index (χ2v) is 8.47. The molecule has 0 radical (unpaired) electrons. The maximum atomic E-state index is 5.59. The van der Waals surface area contributed by atoms with Gasteiger partial charge in [-0.25, -0.2) is 4.98 Å². The van der Waals surface area contributed by atoms with E-state index < -0.39 is 0 Å². The van der Waals surface area contributed by atoms with Crippen molar-refractivity contribution in [1.29, 1.82) is 0 Å². The van der Waals surface area contributed by atoms with E-state index in [2.05, 4.69) is 49.4 Å². The second-order valence-electron chi connectivity index (χ2n) is 6.47. The van der Waals surface area contributed by atoms with Gasteiger partial charge in [-0.15, -0.1) is 21.5 Å². The predicted octanol–water partition coefficient (Wildman–Crippen LogP) is 5.31. The largest absolute Gasteiger partial charge is 0.494 e. The lowest BCUT2D eigenvalue weighted by Gasteiger charge is -2.11. The smallest absolute Gasteiger partial charge is 0.196 e. The average molecular weight is 423 g/mol. The molecule has 2 aromatic carbocycles. The molecule has 0 N–H and O–H groups in total. The number of thioether (sulfide) groups is 1. The van der Waals surface area contributed by atoms with Crippen LogP contribution in [-0.4, -0.2) is 26.4 Å². The first-order valence-corrected chi connectivity index (χ1v) is 11.3. The summed E-state index contributed by atoms with van der Waals surface area (Å²) in [6.07, 6.45) is 0.720. The van der Waals surface area contributed by atoms with Crippen LogP contribution >= 0.6 is 23.1 Å². The summed E-state index contributed by atoms with van der Waals surface area (Å²) in [5.74, 6) is 2.54. The molecule has 5 nitrogen and oxygen atoms in total. The maximum absolute atomic E-state index is 5.59. The molecule has 0 saturated carbocycles. The summed E-state index contributed by atoms with van der Waals surface area (Å²) in [5, 5.41) is 13.0. The van der Waals surface area contributed by atoms with E-state index in [4.69, 9.17) is 4.74 Å². The highest BCUT2D eigenvalue weighted by Crippen LogP contribution is 2.27. The van der Waals surface area contributed by atoms with E-state index in [-0.39, 0.29) is 0 Å². The fourth-order valence-corrected chi connectivity index (χ4v) is 4.60. The molecule has 0 bridgehead atoms. The summed E-state index contributed by atoms with van der Waals surface area (Å²) >= 11 is 3.33. The van der Waals surface area contributed by atoms with E-state index in [0.717, 1.165) is 45.3 Å². The first-order valence-electron chi connectivity index (χ1n) is 9.48. The summed E-state index contributed by atoms with van der Waals surface area (Å²) in [6, 6.07) is 18.4. The van der Waals surface area contributed by atoms with Crippen molar-refractivity contribution in [3.63, 3.8) is 0 Å². The van der Waals surface area contributed by atoms with Crippen molar-refractivity contribution >= 4 is 23.1 Å². The topological polar surface area (TPSA) is 52.8 Å². The van der Waals surface area contributed by atoms with Crippen molar-refractivity contribution < 1.29 is 4.74 Å². The summed E-state index contributed by atoms with van der Waals surface area (Å²) in [7, 11) is 0. The monoisotopic (exact) mass is 422 g/mol. The number of hydrogen-bond acceptors (Lipinski definition) is 6. The molecule has 4 rings (SSSR count). The minimum absolute atomic E-state index is 0.652. The Morgan fingerprint density at radius 2 is 1.83 bits per heavy atom. The molecule has 0 aliphatic heterocycles. The van der Waals surface area contributed by atoms with Crippen molar-refractivity contribution in [3.8, 4) is 11.4 Å². The van der Waals surface area contributed by atoms with E-state index in [1.165, 1.54) is 5.56 Å². The van der Waals surface area contributed by atoms with Gasteiger partial charge < -0.3 is 4.74 Å². The van der Waals surface area contributed by atoms with Crippen LogP contribution in [0.4, 0.5) is 0 Å². The molecular weight excluding hydrogens is 400 g/mol. The van der Waals surface area contributed by atoms with E-state index in [1.807, 2.05) is 44.2 Å². The molecule has 0 amide bonds. The number of ether oxygens (including phenoxy) is 1. The Morgan fingerprint density at radius 1 is 1.03 bits per heavy atom. The van der Waals surface area contributed by atoms with Gasteiger partial charge in [-0.2, -0.15) is 0 Å². The molecule has 0 unspecified atom stereocenters. The fourth-order valence-electron chi connectivity index (χ4n) is 3.02. The molecule has 7 heteroatoms. The Bertz CT molecular complexity index is 1060. The number of hydrogen-bond donors (Lipinski definition) is 0. The van der Waals surface area contributed by atoms with Gasteiger partial charge in [-0.3, -0.25) is 4.57 Å². The van der Waals surface area contributed by atoms with Crippen LogP contribution in [0.2, 0.25) is 0 Å². The van der Waals surface area contributed by atoms with Gasteiger partial charge >= 0.3 is 0 Å². The molecule has 2 heterocycles. The van der Waals surface area contributed by atoms with Crippen LogP contribution in [0.1, 0.15) is 29.0 Å². The van der Waals surface area contributed by atoms with Crippen LogP contribution in [0.25, 0.3) is 5.69 Å². The summed E-state index contributed by atoms with van der Waals surface area (Å²) in [4.78, 5) is 4.56. The summed E-state index contributed by atoms with van der Waals surface area (Å²) in [6.45, 7) is 4.67. The zero-order valence-corrected chi connectivity index (χ0v) is 18.0. The van der Waals surface area contributed by atoms with Gasteiger partial charge in [0.2, 0.25) is 0 Å². The van der Waals surface area contributed by atoms with E-state index in [1.54, 1.807) is 23.1 Å². The normalized spacial score (nSPS) is 11.0. The van der Waals surface area contributed by atoms with Crippen LogP contribution in [-0.2, 0) is 12.2 Å². The van der Waals surface area contributed by atoms with Gasteiger partial charge in [0.15, 0.2) is 5.16 Å². The van der Waals surface area contributed by atoms with Crippen LogP contribution in [0.15, 0.2) is 65.1 Å². The van der Waals surface area contributed by atoms with E-state index in [9.17, 15) is 0 Å². The van der Waals surface area contributed by atoms with Crippen molar-refractivity contribution in [2.75, 3.05) is 6.61 Å². The number of benzene rings is 2. The van der Waals surface area contributed by atoms with Gasteiger partial charge in [0.25, 0.3) is 0 Å². The van der Waals surface area contributed by atoms with Crippen molar-refractivity contribution in [3.05, 3.63) is 82.1 Å². The lowest BCUT2D eigenvalue weighted by atomic mass is 10.1. The standard InChI is InChI=1S/C22H22N4OS2/c1-3-27-20-11-9-19(10-12-20)26-21(13-17-7-5-4-6-8-17)24-25-22(26)29-15-18-14-28-16(2)23-18/h4-12,14H,3,13,15H2,1-2H3. The Hall–Kier alpha value is -2.64. The Kier molecular flexibility index (Phi) is 6.27. The number of rotatable bonds is 8. The molecule has 4 aromatic rings. The van der Waals surface area contributed by atoms with Crippen molar-refractivity contribution in [2.45, 2.75) is 31.2 Å². The Labute approximate surface area is 178 Å². The van der Waals surface area contributed by atoms with Crippen LogP contribution in [0, 0.1) is 6.92 Å². The molecule has 0 fully saturated rings. The highest BCUT2D eigenvalue weighted by Gasteiger charge is 2.16. The van der Waals surface area contributed by atoms with Crippen LogP contribution in [0.5, 0.6) is 5.75 Å². The minimum Gasteiger partial charge on any atom is -0.494 e. The van der Waals surface area contributed by atoms with Gasteiger partial charge in [0.05, 0.1) is 17.3 Å². The summed E-state index contributed by atoms with van der Waals surface area (Å²) in [5.41, 5.74) is 3.31. The SMILES string of the molecule is CCOc1ccc(-n2c(Cc3ccccc3)nnc2SCc2csc(C)n2)cc1. The van der Waals surface area contributed by atoms with Crippen molar-refractivity contribution in [2.24, 2.45) is 0 Å². The fraction of sp³-hybridized carbons (Fsp3) is 0.227. The molecule has 0 spiro atoms. The predicted molar refractivity (Wildman–Crippen MR) is 118 cm³/mol. The highest BCUT2D eigenvalue weighted by molar-refractivity contribution is 7.98. The lowest BCUT2D eigenvalue weighted by molar-refractivity contribution is 0.340. The van der Waals surface area contributed by atoms with Crippen LogP contribution < -0.4 is 4.74 Å². The zero-order valence-electron chi connectivity index (χ0n) is 16.4. The molecular formula is C22H22N4OS2. The molecule has 148 valence electrons. The van der Waals surface area contributed by atoms with Crippen LogP contribution in [0.3, 0.4) is 0 Å². The number of nitrogens with zero attached hydrogens (tertiary/aromatic N) is 4. The maximum Gasteiger partial charge on any atom is 0.196 e. The Balaban J connectivity index is 1.64. The minimum atomic E-state index is 0.652. The third kappa shape index (κ3) is 4.86. The molecule has 0 aliphatic rings. The molecule has 0 atom stereocenters. The third-order valence-electron chi connectivity index (χ3n) is 4.33. The number of aromatic nitrogens is 4. The Morgan fingerprint density at radius 3 is 2.52 bits per heavy atom. The molecule has 2 aromatic heterocycles. The second kappa shape index (κ2) is 9.24. The van der Waals surface area contributed by atoms with Gasteiger partial charge in [0, 0.05) is 23.2 Å². The van der Waals surface area contributed by atoms with Gasteiger partial charge in [0.1, 0.15) is 11.6 Å². The first kappa shape index (κ1) is 19.7. The quantitative estimate of drug-likeness (QED) is 0.360. The highest BCUT2D eigenvalue weighted by atomic mass is 32.2. The number of thiazole rings is 1. The first-order chi connectivity index (χ1) is 14.2. The zero-order chi connectivity index (χ0) is 20.1. The van der Waals surface area contributed by atoms with E-state index in [0.29, 0.717) is 6.61 Å². The summed E-state index contributed by atoms with van der Waals surface area (Å²) < 4.78 is 7.72. The third-order valence-corrected chi connectivity index (χ3v) is 6.11. The van der Waals surface area contributed by atoms with Gasteiger partial charge in [-0.1, -0.05) is 42.1 Å². The van der Waals surface area contributed by atoms with Gasteiger partial charge in [-0.05, 0) is 43.7 Å². The molecule has 0 saturated heterocycles. The average Bonchev–Trinajstić information content (AvgIpc) is 3.34.